The zero-order valence-electron chi connectivity index (χ0n) is 12.5. The first-order chi connectivity index (χ1) is 11.8. The molecule has 1 aliphatic rings. The minimum absolute atomic E-state index is 0.0173. The lowest BCUT2D eigenvalue weighted by Crippen LogP contribution is -2.39. The number of carbonyl (C=O) groups is 3. The fourth-order valence-electron chi connectivity index (χ4n) is 2.39. The number of amides is 2. The summed E-state index contributed by atoms with van der Waals surface area (Å²) in [7, 11) is 0. The van der Waals surface area contributed by atoms with Gasteiger partial charge in [-0.25, -0.2) is 0 Å². The summed E-state index contributed by atoms with van der Waals surface area (Å²) in [6, 6.07) is 12.7. The van der Waals surface area contributed by atoms with Gasteiger partial charge in [0.2, 0.25) is 0 Å². The Balaban J connectivity index is 1.91. The molecule has 1 fully saturated rings. The third-order valence-electron chi connectivity index (χ3n) is 3.60. The van der Waals surface area contributed by atoms with Crippen LogP contribution in [0.15, 0.2) is 47.4 Å². The predicted molar refractivity (Wildman–Crippen MR) is 87.7 cm³/mol. The summed E-state index contributed by atoms with van der Waals surface area (Å²) in [4.78, 5) is 35.4. The summed E-state index contributed by atoms with van der Waals surface area (Å²) in [6.45, 7) is -1.30. The molecule has 1 saturated heterocycles. The summed E-state index contributed by atoms with van der Waals surface area (Å²) in [5, 5.41) is 0.861. The number of benzene rings is 2. The van der Waals surface area contributed by atoms with Crippen LogP contribution in [0.5, 0.6) is 0 Å². The second-order valence-corrected chi connectivity index (χ2v) is 6.25. The lowest BCUT2D eigenvalue weighted by atomic mass is 10.0. The van der Waals surface area contributed by atoms with Crippen LogP contribution in [0.25, 0.3) is 16.8 Å². The van der Waals surface area contributed by atoms with E-state index in [-0.39, 0.29) is 4.91 Å². The Morgan fingerprint density at radius 2 is 1.76 bits per heavy atom. The van der Waals surface area contributed by atoms with E-state index in [1.165, 1.54) is 6.08 Å². The zero-order chi connectivity index (χ0) is 18.2. The first-order valence-electron chi connectivity index (χ1n) is 7.10. The number of alkyl halides is 3. The smallest absolute Gasteiger partial charge is 0.288 e. The van der Waals surface area contributed by atoms with Gasteiger partial charge in [-0.1, -0.05) is 42.5 Å². The summed E-state index contributed by atoms with van der Waals surface area (Å²) in [5.41, 5.74) is 0.658. The fourth-order valence-corrected chi connectivity index (χ4v) is 3.22. The predicted octanol–water partition coefficient (Wildman–Crippen LogP) is 4.01. The van der Waals surface area contributed by atoms with Crippen LogP contribution in [0.3, 0.4) is 0 Å². The summed E-state index contributed by atoms with van der Waals surface area (Å²) < 4.78 is 37.1. The molecule has 0 unspecified atom stereocenters. The van der Waals surface area contributed by atoms with Gasteiger partial charge in [0.1, 0.15) is 0 Å². The van der Waals surface area contributed by atoms with Crippen molar-refractivity contribution in [2.75, 3.05) is 6.54 Å². The van der Waals surface area contributed by atoms with Gasteiger partial charge in [0, 0.05) is 0 Å². The molecule has 2 amide bonds. The van der Waals surface area contributed by atoms with Crippen molar-refractivity contribution in [3.63, 3.8) is 0 Å². The molecule has 2 aromatic rings. The summed E-state index contributed by atoms with van der Waals surface area (Å²) in [5.74, 6) is -3.04. The molecule has 1 heterocycles. The molecule has 0 atom stereocenters. The lowest BCUT2D eigenvalue weighted by molar-refractivity contribution is -0.171. The third kappa shape index (κ3) is 3.43. The third-order valence-corrected chi connectivity index (χ3v) is 4.51. The highest BCUT2D eigenvalue weighted by molar-refractivity contribution is 8.18. The van der Waals surface area contributed by atoms with Gasteiger partial charge >= 0.3 is 6.18 Å². The Morgan fingerprint density at radius 1 is 1.08 bits per heavy atom. The van der Waals surface area contributed by atoms with E-state index in [0.717, 1.165) is 10.8 Å². The van der Waals surface area contributed by atoms with Crippen molar-refractivity contribution >= 4 is 45.5 Å². The largest absolute Gasteiger partial charge is 0.451 e. The molecular formula is C17H10F3NO3S. The molecule has 0 N–H and O–H groups in total. The molecule has 2 aromatic carbocycles. The molecule has 4 nitrogen and oxygen atoms in total. The number of carbonyl (C=O) groups excluding carboxylic acids is 3. The lowest BCUT2D eigenvalue weighted by Gasteiger charge is -2.12. The van der Waals surface area contributed by atoms with Gasteiger partial charge in [-0.2, -0.15) is 13.2 Å². The van der Waals surface area contributed by atoms with Crippen LogP contribution < -0.4 is 0 Å². The van der Waals surface area contributed by atoms with Crippen molar-refractivity contribution in [3.05, 3.63) is 52.9 Å². The topological polar surface area (TPSA) is 54.5 Å². The Kier molecular flexibility index (Phi) is 4.38. The number of thioether (sulfide) groups is 1. The normalized spacial score (nSPS) is 16.9. The highest BCUT2D eigenvalue weighted by Crippen LogP contribution is 2.34. The van der Waals surface area contributed by atoms with Gasteiger partial charge in [0.05, 0.1) is 11.4 Å². The second kappa shape index (κ2) is 6.36. The number of hydrogen-bond acceptors (Lipinski definition) is 4. The molecule has 3 rings (SSSR count). The van der Waals surface area contributed by atoms with Crippen molar-refractivity contribution in [1.29, 1.82) is 0 Å². The van der Waals surface area contributed by atoms with Gasteiger partial charge in [0.25, 0.3) is 16.9 Å². The number of ketones is 1. The number of rotatable bonds is 3. The average Bonchev–Trinajstić information content (AvgIpc) is 2.82. The molecule has 0 bridgehead atoms. The summed E-state index contributed by atoms with van der Waals surface area (Å²) >= 11 is 0.517. The molecule has 25 heavy (non-hydrogen) atoms. The van der Waals surface area contributed by atoms with Crippen LogP contribution >= 0.6 is 11.8 Å². The maximum absolute atomic E-state index is 12.4. The van der Waals surface area contributed by atoms with Crippen molar-refractivity contribution in [2.24, 2.45) is 0 Å². The van der Waals surface area contributed by atoms with Crippen LogP contribution in [-0.2, 0) is 9.59 Å². The van der Waals surface area contributed by atoms with Crippen LogP contribution in [0.2, 0.25) is 0 Å². The van der Waals surface area contributed by atoms with Crippen molar-refractivity contribution < 1.29 is 27.6 Å². The van der Waals surface area contributed by atoms with E-state index in [1.54, 1.807) is 12.1 Å². The van der Waals surface area contributed by atoms with Crippen LogP contribution in [0, 0.1) is 0 Å². The van der Waals surface area contributed by atoms with Gasteiger partial charge in [-0.05, 0) is 34.2 Å². The standard InChI is InChI=1S/C17H10F3NO3S/c18-17(19,20)14(22)9-21-15(23)13(25-16(21)24)8-11-6-3-5-10-4-1-2-7-12(10)11/h1-8H,9H2/b13-8-. The SMILES string of the molecule is O=C1S/C(=C\c2cccc3ccccc23)C(=O)N1CC(=O)C(F)(F)F. The minimum Gasteiger partial charge on any atom is -0.288 e. The molecule has 128 valence electrons. The molecule has 1 aliphatic heterocycles. The van der Waals surface area contributed by atoms with Gasteiger partial charge < -0.3 is 0 Å². The average molecular weight is 365 g/mol. The van der Waals surface area contributed by atoms with E-state index >= 15 is 0 Å². The van der Waals surface area contributed by atoms with Crippen molar-refractivity contribution in [3.8, 4) is 0 Å². The molecule has 0 aliphatic carbocycles. The Labute approximate surface area is 144 Å². The number of hydrogen-bond donors (Lipinski definition) is 0. The maximum Gasteiger partial charge on any atom is 0.451 e. The van der Waals surface area contributed by atoms with Crippen LogP contribution in [0.4, 0.5) is 18.0 Å². The Morgan fingerprint density at radius 3 is 2.48 bits per heavy atom. The van der Waals surface area contributed by atoms with E-state index in [1.807, 2.05) is 30.3 Å². The Hall–Kier alpha value is -2.61. The molecule has 8 heteroatoms. The minimum atomic E-state index is -5.09. The highest BCUT2D eigenvalue weighted by atomic mass is 32.2. The number of Topliss-reactive ketones (excluding diaryl/α,β-unsaturated/α-hetero) is 1. The first-order valence-corrected chi connectivity index (χ1v) is 7.92. The van der Waals surface area contributed by atoms with Gasteiger partial charge in [-0.15, -0.1) is 0 Å². The highest BCUT2D eigenvalue weighted by Gasteiger charge is 2.44. The number of halogens is 3. The zero-order valence-corrected chi connectivity index (χ0v) is 13.4. The molecule has 0 radical (unpaired) electrons. The monoisotopic (exact) mass is 365 g/mol. The van der Waals surface area contributed by atoms with E-state index in [9.17, 15) is 27.6 Å². The van der Waals surface area contributed by atoms with Crippen LogP contribution in [0.1, 0.15) is 5.56 Å². The van der Waals surface area contributed by atoms with Crippen molar-refractivity contribution in [2.45, 2.75) is 6.18 Å². The molecule has 0 spiro atoms. The van der Waals surface area contributed by atoms with Crippen LogP contribution in [-0.4, -0.2) is 34.6 Å². The maximum atomic E-state index is 12.4. The number of imide groups is 1. The molecule has 0 saturated carbocycles. The fraction of sp³-hybridized carbons (Fsp3) is 0.118. The van der Waals surface area contributed by atoms with E-state index in [4.69, 9.17) is 0 Å². The van der Waals surface area contributed by atoms with Gasteiger partial charge in [0.15, 0.2) is 0 Å². The van der Waals surface area contributed by atoms with E-state index in [0.29, 0.717) is 22.2 Å². The first kappa shape index (κ1) is 17.2. The summed E-state index contributed by atoms with van der Waals surface area (Å²) in [6.07, 6.45) is -3.64. The van der Waals surface area contributed by atoms with E-state index < -0.39 is 29.7 Å². The van der Waals surface area contributed by atoms with Gasteiger partial charge in [-0.3, -0.25) is 19.3 Å². The number of fused-ring (bicyclic) bond motifs is 1. The molecular weight excluding hydrogens is 355 g/mol. The Bertz CT molecular complexity index is 915. The second-order valence-electron chi connectivity index (χ2n) is 5.26. The molecule has 0 aromatic heterocycles. The van der Waals surface area contributed by atoms with Crippen molar-refractivity contribution in [1.82, 2.24) is 4.90 Å². The van der Waals surface area contributed by atoms with E-state index in [2.05, 4.69) is 0 Å². The number of nitrogens with zero attached hydrogens (tertiary/aromatic N) is 1. The quantitative estimate of drug-likeness (QED) is 0.772.